The summed E-state index contributed by atoms with van der Waals surface area (Å²) in [4.78, 5) is 20.5. The van der Waals surface area contributed by atoms with Crippen molar-refractivity contribution in [2.75, 3.05) is 17.2 Å². The van der Waals surface area contributed by atoms with Gasteiger partial charge < -0.3 is 16.0 Å². The summed E-state index contributed by atoms with van der Waals surface area (Å²) in [6.45, 7) is 10.3. The van der Waals surface area contributed by atoms with Gasteiger partial charge in [-0.15, -0.1) is 0 Å². The smallest absolute Gasteiger partial charge is 0.242 e. The lowest BCUT2D eigenvalue weighted by atomic mass is 10.1. The van der Waals surface area contributed by atoms with E-state index < -0.39 is 6.04 Å². The Balaban J connectivity index is 2.76. The molecule has 0 aromatic carbocycles. The summed E-state index contributed by atoms with van der Waals surface area (Å²) in [6, 6.07) is -0.394. The Morgan fingerprint density at radius 2 is 2.10 bits per heavy atom. The average Bonchev–Trinajstić information content (AvgIpc) is 2.31. The maximum absolute atomic E-state index is 12.0. The Morgan fingerprint density at radius 3 is 2.65 bits per heavy atom. The summed E-state index contributed by atoms with van der Waals surface area (Å²) < 4.78 is 0.717. The molecule has 1 unspecified atom stereocenters. The Kier molecular flexibility index (Phi) is 5.74. The van der Waals surface area contributed by atoms with Gasteiger partial charge in [-0.05, 0) is 50.5 Å². The summed E-state index contributed by atoms with van der Waals surface area (Å²) in [5.41, 5.74) is -0.259. The number of hydrogen-bond donors (Lipinski definition) is 3. The van der Waals surface area contributed by atoms with Crippen LogP contribution in [0.4, 0.5) is 11.8 Å². The number of halogens is 1. The van der Waals surface area contributed by atoms with Gasteiger partial charge in [-0.1, -0.05) is 0 Å². The number of anilines is 2. The van der Waals surface area contributed by atoms with Gasteiger partial charge in [-0.3, -0.25) is 4.79 Å². The highest BCUT2D eigenvalue weighted by Gasteiger charge is 2.20. The molecule has 0 fully saturated rings. The number of aromatic nitrogens is 2. The van der Waals surface area contributed by atoms with E-state index in [4.69, 9.17) is 0 Å². The molecule has 1 atom stereocenters. The molecule has 0 saturated carbocycles. The number of amides is 1. The van der Waals surface area contributed by atoms with Crippen LogP contribution < -0.4 is 16.0 Å². The SMILES string of the molecule is CCNc1ncc(Br)c(NC(C)C(=O)NC(C)(C)C)n1. The molecule has 0 saturated heterocycles. The van der Waals surface area contributed by atoms with Crippen LogP contribution in [0.2, 0.25) is 0 Å². The van der Waals surface area contributed by atoms with Crippen LogP contribution in [-0.2, 0) is 4.79 Å². The van der Waals surface area contributed by atoms with E-state index in [1.54, 1.807) is 13.1 Å². The molecule has 1 aromatic heterocycles. The van der Waals surface area contributed by atoms with Crippen LogP contribution in [0.5, 0.6) is 0 Å². The first-order valence-electron chi connectivity index (χ1n) is 6.58. The molecule has 0 aliphatic rings. The molecule has 0 radical (unpaired) electrons. The van der Waals surface area contributed by atoms with Gasteiger partial charge >= 0.3 is 0 Å². The van der Waals surface area contributed by atoms with Crippen molar-refractivity contribution in [3.63, 3.8) is 0 Å². The van der Waals surface area contributed by atoms with E-state index in [0.29, 0.717) is 11.8 Å². The second-order valence-electron chi connectivity index (χ2n) is 5.53. The summed E-state index contributed by atoms with van der Waals surface area (Å²) in [7, 11) is 0. The molecule has 6 nitrogen and oxygen atoms in total. The van der Waals surface area contributed by atoms with E-state index in [1.807, 2.05) is 27.7 Å². The van der Waals surface area contributed by atoms with Crippen LogP contribution in [0.3, 0.4) is 0 Å². The van der Waals surface area contributed by atoms with Crippen molar-refractivity contribution in [1.29, 1.82) is 0 Å². The number of nitrogens with one attached hydrogen (secondary N) is 3. The van der Waals surface area contributed by atoms with Crippen molar-refractivity contribution in [1.82, 2.24) is 15.3 Å². The zero-order valence-electron chi connectivity index (χ0n) is 12.5. The summed E-state index contributed by atoms with van der Waals surface area (Å²) in [6.07, 6.45) is 1.65. The maximum Gasteiger partial charge on any atom is 0.242 e. The van der Waals surface area contributed by atoms with Crippen LogP contribution >= 0.6 is 15.9 Å². The molecule has 0 aliphatic heterocycles. The van der Waals surface area contributed by atoms with Crippen LogP contribution in [-0.4, -0.2) is 34.0 Å². The zero-order chi connectivity index (χ0) is 15.3. The first-order valence-corrected chi connectivity index (χ1v) is 7.37. The molecular formula is C13H22BrN5O. The van der Waals surface area contributed by atoms with Crippen molar-refractivity contribution in [3.8, 4) is 0 Å². The summed E-state index contributed by atoms with van der Waals surface area (Å²) in [5.74, 6) is 1.04. The van der Waals surface area contributed by atoms with Crippen LogP contribution in [0.15, 0.2) is 10.7 Å². The highest BCUT2D eigenvalue weighted by atomic mass is 79.9. The molecule has 1 heterocycles. The van der Waals surface area contributed by atoms with Crippen LogP contribution in [0, 0.1) is 0 Å². The van der Waals surface area contributed by atoms with E-state index in [0.717, 1.165) is 11.0 Å². The van der Waals surface area contributed by atoms with Crippen molar-refractivity contribution in [3.05, 3.63) is 10.7 Å². The van der Waals surface area contributed by atoms with Gasteiger partial charge in [0.25, 0.3) is 0 Å². The van der Waals surface area contributed by atoms with E-state index in [9.17, 15) is 4.79 Å². The Bertz CT molecular complexity index is 472. The largest absolute Gasteiger partial charge is 0.358 e. The van der Waals surface area contributed by atoms with E-state index >= 15 is 0 Å². The fourth-order valence-corrected chi connectivity index (χ4v) is 1.77. The maximum atomic E-state index is 12.0. The average molecular weight is 344 g/mol. The number of carbonyl (C=O) groups is 1. The predicted octanol–water partition coefficient (Wildman–Crippen LogP) is 2.39. The monoisotopic (exact) mass is 343 g/mol. The van der Waals surface area contributed by atoms with E-state index in [1.165, 1.54) is 0 Å². The molecular weight excluding hydrogens is 322 g/mol. The second kappa shape index (κ2) is 6.88. The minimum Gasteiger partial charge on any atom is -0.358 e. The minimum absolute atomic E-state index is 0.0759. The topological polar surface area (TPSA) is 78.9 Å². The lowest BCUT2D eigenvalue weighted by Crippen LogP contribution is -2.47. The molecule has 7 heteroatoms. The second-order valence-corrected chi connectivity index (χ2v) is 6.38. The standard InChI is InChI=1S/C13H22BrN5O/c1-6-15-12-16-7-9(14)10(18-12)17-8(2)11(20)19-13(3,4)5/h7-8H,6H2,1-5H3,(H,19,20)(H2,15,16,17,18). The Hall–Kier alpha value is -1.37. The molecule has 1 rings (SSSR count). The summed E-state index contributed by atoms with van der Waals surface area (Å²) >= 11 is 3.37. The van der Waals surface area contributed by atoms with Crippen LogP contribution in [0.1, 0.15) is 34.6 Å². The van der Waals surface area contributed by atoms with Gasteiger partial charge in [0.05, 0.1) is 4.47 Å². The van der Waals surface area contributed by atoms with Crippen LogP contribution in [0.25, 0.3) is 0 Å². The lowest BCUT2D eigenvalue weighted by molar-refractivity contribution is -0.122. The number of nitrogens with zero attached hydrogens (tertiary/aromatic N) is 2. The first kappa shape index (κ1) is 16.7. The predicted molar refractivity (Wildman–Crippen MR) is 84.9 cm³/mol. The minimum atomic E-state index is -0.394. The van der Waals surface area contributed by atoms with Gasteiger partial charge in [0.1, 0.15) is 11.9 Å². The number of carbonyl (C=O) groups excluding carboxylic acids is 1. The summed E-state index contributed by atoms with van der Waals surface area (Å²) in [5, 5.41) is 9.04. The van der Waals surface area contributed by atoms with Gasteiger partial charge in [0, 0.05) is 18.3 Å². The van der Waals surface area contributed by atoms with E-state index in [-0.39, 0.29) is 11.4 Å². The first-order chi connectivity index (χ1) is 9.23. The Labute approximate surface area is 128 Å². The molecule has 0 aliphatic carbocycles. The molecule has 0 bridgehead atoms. The van der Waals surface area contributed by atoms with Gasteiger partial charge in [-0.2, -0.15) is 4.98 Å². The normalized spacial score (nSPS) is 12.7. The number of hydrogen-bond acceptors (Lipinski definition) is 5. The molecule has 1 amide bonds. The molecule has 1 aromatic rings. The lowest BCUT2D eigenvalue weighted by Gasteiger charge is -2.24. The van der Waals surface area contributed by atoms with Crippen molar-refractivity contribution in [2.45, 2.75) is 46.2 Å². The quantitative estimate of drug-likeness (QED) is 0.764. The third kappa shape index (κ3) is 5.32. The van der Waals surface area contributed by atoms with Gasteiger partial charge in [0.15, 0.2) is 0 Å². The highest BCUT2D eigenvalue weighted by Crippen LogP contribution is 2.21. The molecule has 112 valence electrons. The van der Waals surface area contributed by atoms with Crippen molar-refractivity contribution < 1.29 is 4.79 Å². The highest BCUT2D eigenvalue weighted by molar-refractivity contribution is 9.10. The third-order valence-electron chi connectivity index (χ3n) is 2.32. The van der Waals surface area contributed by atoms with Gasteiger partial charge in [-0.25, -0.2) is 4.98 Å². The molecule has 3 N–H and O–H groups in total. The molecule has 0 spiro atoms. The zero-order valence-corrected chi connectivity index (χ0v) is 14.1. The third-order valence-corrected chi connectivity index (χ3v) is 2.90. The van der Waals surface area contributed by atoms with Crippen molar-refractivity contribution >= 4 is 33.6 Å². The number of rotatable bonds is 5. The molecule has 20 heavy (non-hydrogen) atoms. The Morgan fingerprint density at radius 1 is 1.45 bits per heavy atom. The van der Waals surface area contributed by atoms with Crippen molar-refractivity contribution in [2.24, 2.45) is 0 Å². The van der Waals surface area contributed by atoms with E-state index in [2.05, 4.69) is 41.8 Å². The fourth-order valence-electron chi connectivity index (χ4n) is 1.46. The fraction of sp³-hybridized carbons (Fsp3) is 0.615. The van der Waals surface area contributed by atoms with Gasteiger partial charge in [0.2, 0.25) is 11.9 Å².